The summed E-state index contributed by atoms with van der Waals surface area (Å²) in [5.41, 5.74) is 1.05. The number of hydrogen-bond donors (Lipinski definition) is 2. The van der Waals surface area contributed by atoms with E-state index in [0.717, 1.165) is 0 Å². The first-order valence-corrected chi connectivity index (χ1v) is 6.30. The summed E-state index contributed by atoms with van der Waals surface area (Å²) in [5.74, 6) is 0.602. The fraction of sp³-hybridized carbons (Fsp3) is 0.154. The molecule has 0 amide bonds. The maximum absolute atomic E-state index is 11.2. The smallest absolute Gasteiger partial charge is 0.311 e. The first kappa shape index (κ1) is 13.0. The Morgan fingerprint density at radius 2 is 2.14 bits per heavy atom. The number of benzene rings is 1. The van der Waals surface area contributed by atoms with Crippen molar-refractivity contribution in [2.45, 2.75) is 13.0 Å². The number of hydrogen-bond acceptors (Lipinski definition) is 6. The number of H-pyrrole nitrogens is 1. The van der Waals surface area contributed by atoms with Gasteiger partial charge in [0, 0.05) is 5.39 Å². The van der Waals surface area contributed by atoms with Crippen molar-refractivity contribution in [3.05, 3.63) is 52.7 Å². The van der Waals surface area contributed by atoms with Crippen LogP contribution in [0.5, 0.6) is 0 Å². The zero-order valence-corrected chi connectivity index (χ0v) is 11.1. The number of pyridine rings is 1. The van der Waals surface area contributed by atoms with Crippen molar-refractivity contribution in [3.8, 4) is 0 Å². The Bertz CT molecular complexity index is 786. The van der Waals surface area contributed by atoms with Gasteiger partial charge in [-0.1, -0.05) is 18.2 Å². The quantitative estimate of drug-likeness (QED) is 0.562. The Labute approximate surface area is 119 Å². The van der Waals surface area contributed by atoms with Gasteiger partial charge in [-0.15, -0.1) is 0 Å². The minimum Gasteiger partial charge on any atom is -0.369 e. The average molecular weight is 284 g/mol. The van der Waals surface area contributed by atoms with E-state index >= 15 is 0 Å². The molecule has 2 heterocycles. The Morgan fingerprint density at radius 3 is 2.86 bits per heavy atom. The summed E-state index contributed by atoms with van der Waals surface area (Å²) in [5, 5.41) is 21.6. The second kappa shape index (κ2) is 5.16. The van der Waals surface area contributed by atoms with E-state index < -0.39 is 4.92 Å². The second-order valence-corrected chi connectivity index (χ2v) is 4.53. The van der Waals surface area contributed by atoms with Gasteiger partial charge in [0.25, 0.3) is 0 Å². The highest BCUT2D eigenvalue weighted by molar-refractivity contribution is 5.95. The molecule has 0 aliphatic heterocycles. The molecule has 21 heavy (non-hydrogen) atoms. The van der Waals surface area contributed by atoms with Crippen molar-refractivity contribution in [2.24, 2.45) is 0 Å². The van der Waals surface area contributed by atoms with Gasteiger partial charge in [0.15, 0.2) is 0 Å². The first-order valence-electron chi connectivity index (χ1n) is 6.30. The summed E-state index contributed by atoms with van der Waals surface area (Å²) in [4.78, 5) is 18.9. The van der Waals surface area contributed by atoms with Gasteiger partial charge < -0.3 is 5.32 Å². The Balaban J connectivity index is 2.10. The Morgan fingerprint density at radius 1 is 1.33 bits per heavy atom. The number of fused-ring (bicyclic) bond motifs is 1. The van der Waals surface area contributed by atoms with Crippen LogP contribution >= 0.6 is 0 Å². The molecule has 0 saturated carbocycles. The van der Waals surface area contributed by atoms with Crippen LogP contribution in [0.2, 0.25) is 0 Å². The lowest BCUT2D eigenvalue weighted by Gasteiger charge is -2.14. The lowest BCUT2D eigenvalue weighted by atomic mass is 10.1. The molecule has 2 aromatic heterocycles. The van der Waals surface area contributed by atoms with E-state index in [9.17, 15) is 10.1 Å². The van der Waals surface area contributed by atoms with Crippen molar-refractivity contribution in [1.29, 1.82) is 0 Å². The molecule has 0 spiro atoms. The standard InChI is InChI=1S/C13H12N6O2/c1-8(13-15-7-16-18-13)17-12-9-4-2-3-5-10(9)14-6-11(12)19(20)21/h2-8H,1H3,(H,14,17)(H,15,16,18). The van der Waals surface area contributed by atoms with E-state index in [-0.39, 0.29) is 11.7 Å². The molecule has 8 nitrogen and oxygen atoms in total. The Hall–Kier alpha value is -3.03. The summed E-state index contributed by atoms with van der Waals surface area (Å²) < 4.78 is 0. The predicted molar refractivity (Wildman–Crippen MR) is 76.8 cm³/mol. The van der Waals surface area contributed by atoms with Gasteiger partial charge in [-0.2, -0.15) is 5.10 Å². The third-order valence-corrected chi connectivity index (χ3v) is 3.16. The van der Waals surface area contributed by atoms with Crippen molar-refractivity contribution >= 4 is 22.3 Å². The summed E-state index contributed by atoms with van der Waals surface area (Å²) in [6.45, 7) is 1.85. The maximum Gasteiger partial charge on any atom is 0.311 e. The van der Waals surface area contributed by atoms with Gasteiger partial charge in [-0.05, 0) is 13.0 Å². The SMILES string of the molecule is CC(Nc1c([N+](=O)[O-])cnc2ccccc12)c1ncn[nH]1. The molecule has 0 aliphatic rings. The molecule has 2 N–H and O–H groups in total. The summed E-state index contributed by atoms with van der Waals surface area (Å²) in [6, 6.07) is 7.01. The number of nitro groups is 1. The number of nitrogens with one attached hydrogen (secondary N) is 2. The first-order chi connectivity index (χ1) is 10.2. The molecular weight excluding hydrogens is 272 g/mol. The molecule has 0 saturated heterocycles. The minimum absolute atomic E-state index is 0.0694. The van der Waals surface area contributed by atoms with E-state index in [4.69, 9.17) is 0 Å². The number of aromatic amines is 1. The van der Waals surface area contributed by atoms with Crippen LogP contribution in [0.15, 0.2) is 36.8 Å². The van der Waals surface area contributed by atoms with Crippen LogP contribution in [0.25, 0.3) is 10.9 Å². The van der Waals surface area contributed by atoms with Crippen LogP contribution < -0.4 is 5.32 Å². The molecule has 0 fully saturated rings. The van der Waals surface area contributed by atoms with E-state index in [2.05, 4.69) is 25.5 Å². The number of aromatic nitrogens is 4. The fourth-order valence-electron chi connectivity index (χ4n) is 2.13. The molecule has 3 aromatic rings. The van der Waals surface area contributed by atoms with Crippen LogP contribution in [0.4, 0.5) is 11.4 Å². The third kappa shape index (κ3) is 2.38. The van der Waals surface area contributed by atoms with E-state index in [1.165, 1.54) is 12.5 Å². The molecule has 0 bridgehead atoms. The van der Waals surface area contributed by atoms with Crippen molar-refractivity contribution in [2.75, 3.05) is 5.32 Å². The summed E-state index contributed by atoms with van der Waals surface area (Å²) in [7, 11) is 0. The molecule has 1 atom stereocenters. The van der Waals surface area contributed by atoms with Crippen LogP contribution in [-0.2, 0) is 0 Å². The molecule has 1 unspecified atom stereocenters. The van der Waals surface area contributed by atoms with Gasteiger partial charge in [0.05, 0.1) is 16.5 Å². The van der Waals surface area contributed by atoms with E-state index in [1.807, 2.05) is 25.1 Å². The fourth-order valence-corrected chi connectivity index (χ4v) is 2.13. The van der Waals surface area contributed by atoms with Crippen molar-refractivity contribution in [1.82, 2.24) is 20.2 Å². The highest BCUT2D eigenvalue weighted by Crippen LogP contribution is 2.33. The summed E-state index contributed by atoms with van der Waals surface area (Å²) >= 11 is 0. The van der Waals surface area contributed by atoms with Crippen LogP contribution in [0.1, 0.15) is 18.8 Å². The molecule has 1 aromatic carbocycles. The molecule has 3 rings (SSSR count). The lowest BCUT2D eigenvalue weighted by Crippen LogP contribution is -2.10. The zero-order valence-electron chi connectivity index (χ0n) is 11.1. The monoisotopic (exact) mass is 284 g/mol. The lowest BCUT2D eigenvalue weighted by molar-refractivity contribution is -0.384. The van der Waals surface area contributed by atoms with Gasteiger partial charge in [0.2, 0.25) is 0 Å². The Kier molecular flexibility index (Phi) is 3.19. The normalized spacial score (nSPS) is 12.2. The van der Waals surface area contributed by atoms with Gasteiger partial charge in [-0.3, -0.25) is 15.2 Å². The summed E-state index contributed by atoms with van der Waals surface area (Å²) in [6.07, 6.45) is 2.66. The zero-order chi connectivity index (χ0) is 14.8. The van der Waals surface area contributed by atoms with Crippen LogP contribution in [-0.4, -0.2) is 25.1 Å². The molecular formula is C13H12N6O2. The van der Waals surface area contributed by atoms with Gasteiger partial charge in [-0.25, -0.2) is 9.97 Å². The molecule has 0 radical (unpaired) electrons. The van der Waals surface area contributed by atoms with Crippen LogP contribution in [0.3, 0.4) is 0 Å². The van der Waals surface area contributed by atoms with Crippen LogP contribution in [0, 0.1) is 10.1 Å². The van der Waals surface area contributed by atoms with Gasteiger partial charge >= 0.3 is 5.69 Å². The maximum atomic E-state index is 11.2. The highest BCUT2D eigenvalue weighted by atomic mass is 16.6. The minimum atomic E-state index is -0.450. The van der Waals surface area contributed by atoms with Crippen molar-refractivity contribution in [3.63, 3.8) is 0 Å². The van der Waals surface area contributed by atoms with Crippen molar-refractivity contribution < 1.29 is 4.92 Å². The molecule has 8 heteroatoms. The van der Waals surface area contributed by atoms with E-state index in [1.54, 1.807) is 6.07 Å². The second-order valence-electron chi connectivity index (χ2n) is 4.53. The van der Waals surface area contributed by atoms with E-state index in [0.29, 0.717) is 22.4 Å². The topological polar surface area (TPSA) is 110 Å². The third-order valence-electron chi connectivity index (χ3n) is 3.16. The average Bonchev–Trinajstić information content (AvgIpc) is 3.01. The highest BCUT2D eigenvalue weighted by Gasteiger charge is 2.20. The predicted octanol–water partition coefficient (Wildman–Crippen LogP) is 2.43. The number of nitrogens with zero attached hydrogens (tertiary/aromatic N) is 4. The van der Waals surface area contributed by atoms with Gasteiger partial charge in [0.1, 0.15) is 24.0 Å². The molecule has 106 valence electrons. The number of rotatable bonds is 4. The number of para-hydroxylation sites is 1. The number of anilines is 1. The largest absolute Gasteiger partial charge is 0.369 e. The molecule has 0 aliphatic carbocycles.